The average Bonchev–Trinajstić information content (AvgIpc) is 2.29. The summed E-state index contributed by atoms with van der Waals surface area (Å²) in [4.78, 5) is 19.0. The van der Waals surface area contributed by atoms with E-state index in [-0.39, 0.29) is 17.8 Å². The van der Waals surface area contributed by atoms with Crippen LogP contribution in [0.3, 0.4) is 0 Å². The number of aromatic nitrogens is 3. The Morgan fingerprint density at radius 2 is 1.28 bits per heavy atom. The van der Waals surface area contributed by atoms with E-state index in [0.717, 1.165) is 0 Å². The Balaban J connectivity index is 0.000000180. The van der Waals surface area contributed by atoms with Gasteiger partial charge in [0.05, 0.1) is 0 Å². The normalized spacial score (nSPS) is 10.2. The molecule has 0 aliphatic heterocycles. The molecule has 7 N–H and O–H groups in total. The van der Waals surface area contributed by atoms with Crippen molar-refractivity contribution in [2.45, 2.75) is 0 Å². The molecule has 0 spiro atoms. The second kappa shape index (κ2) is 6.43. The molecule has 8 nitrogen and oxygen atoms in total. The molecule has 0 saturated carbocycles. The summed E-state index contributed by atoms with van der Waals surface area (Å²) in [6.45, 7) is 0. The fourth-order valence-electron chi connectivity index (χ4n) is 0.983. The molecule has 0 amide bonds. The van der Waals surface area contributed by atoms with Crippen molar-refractivity contribution in [1.82, 2.24) is 15.0 Å². The summed E-state index contributed by atoms with van der Waals surface area (Å²) < 4.78 is 10.3. The number of nitrogens with two attached hydrogens (primary N) is 3. The molecule has 0 fully saturated rings. The number of nitrogens with zero attached hydrogens (tertiary/aromatic N) is 3. The molecule has 0 aliphatic rings. The fourth-order valence-corrected chi connectivity index (χ4v) is 1.41. The van der Waals surface area contributed by atoms with Crippen molar-refractivity contribution in [2.24, 2.45) is 0 Å². The highest BCUT2D eigenvalue weighted by atomic mass is 31.1. The molecule has 1 unspecified atom stereocenters. The Morgan fingerprint density at radius 3 is 1.56 bits per heavy atom. The summed E-state index contributed by atoms with van der Waals surface area (Å²) in [6, 6.07) is 8.53. The van der Waals surface area contributed by atoms with Crippen LogP contribution in [0.25, 0.3) is 0 Å². The fraction of sp³-hybridized carbons (Fsp3) is 0. The quantitative estimate of drug-likeness (QED) is 0.512. The van der Waals surface area contributed by atoms with Gasteiger partial charge in [0, 0.05) is 0 Å². The van der Waals surface area contributed by atoms with Gasteiger partial charge in [-0.05, 0) is 16.7 Å². The molecule has 1 atom stereocenters. The van der Waals surface area contributed by atoms with Crippen molar-refractivity contribution in [3.63, 3.8) is 0 Å². The number of hydrogen-bond acceptors (Lipinski definition) is 7. The minimum Gasteiger partial charge on any atom is -0.368 e. The van der Waals surface area contributed by atoms with E-state index in [2.05, 4.69) is 15.0 Å². The molecule has 1 heterocycles. The number of nitrogen functional groups attached to an aromatic ring is 3. The van der Waals surface area contributed by atoms with Crippen LogP contribution in [0, 0.1) is 0 Å². The predicted octanol–water partition coefficient (Wildman–Crippen LogP) is -0.335. The van der Waals surface area contributed by atoms with Gasteiger partial charge in [-0.15, -0.1) is 0 Å². The molecule has 0 saturated heterocycles. The van der Waals surface area contributed by atoms with Crippen molar-refractivity contribution in [3.05, 3.63) is 30.3 Å². The molecule has 2 aromatic rings. The smallest absolute Gasteiger partial charge is 0.368 e. The van der Waals surface area contributed by atoms with Gasteiger partial charge in [-0.3, -0.25) is 0 Å². The third kappa shape index (κ3) is 4.69. The molecule has 0 radical (unpaired) electrons. The van der Waals surface area contributed by atoms with Crippen molar-refractivity contribution >= 4 is 31.2 Å². The van der Waals surface area contributed by atoms with Gasteiger partial charge < -0.3 is 17.2 Å². The van der Waals surface area contributed by atoms with Gasteiger partial charge in [0.2, 0.25) is 23.1 Å². The molecule has 0 aliphatic carbocycles. The van der Waals surface area contributed by atoms with Gasteiger partial charge in [0.1, 0.15) is 0 Å². The highest BCUT2D eigenvalue weighted by Crippen LogP contribution is 2.10. The highest BCUT2D eigenvalue weighted by Gasteiger charge is 2.12. The summed E-state index contributed by atoms with van der Waals surface area (Å²) in [6.07, 6.45) is 0. The predicted molar refractivity (Wildman–Crippen MR) is 69.0 cm³/mol. The van der Waals surface area contributed by atoms with Crippen LogP contribution in [-0.2, 0) is 4.57 Å². The van der Waals surface area contributed by atoms with Crippen LogP contribution in [-0.4, -0.2) is 19.8 Å². The Morgan fingerprint density at radius 1 is 0.889 bits per heavy atom. The van der Waals surface area contributed by atoms with Crippen molar-refractivity contribution in [3.8, 4) is 0 Å². The zero-order valence-corrected chi connectivity index (χ0v) is 10.2. The number of hydrogen-bond donors (Lipinski definition) is 4. The third-order valence-electron chi connectivity index (χ3n) is 1.66. The lowest BCUT2D eigenvalue weighted by Gasteiger charge is -1.93. The second-order valence-electron chi connectivity index (χ2n) is 3.02. The highest BCUT2D eigenvalue weighted by molar-refractivity contribution is 7.47. The minimum atomic E-state index is -2.15. The molecule has 9 heteroatoms. The van der Waals surface area contributed by atoms with Crippen LogP contribution in [0.4, 0.5) is 17.8 Å². The Hall–Kier alpha value is -2.31. The standard InChI is InChI=1S/C6H5O2P.C3H6N6/c7-9(8)6-4-2-1-3-5-6;4-1-7-2(5)9-3(6)8-1/h1-5H;(H6,4,5,6,7,8,9)/p+1. The lowest BCUT2D eigenvalue weighted by molar-refractivity contribution is 0.513. The largest absolute Gasteiger partial charge is 0.546 e. The maximum absolute atomic E-state index is 10.3. The van der Waals surface area contributed by atoms with E-state index in [1.165, 1.54) is 0 Å². The van der Waals surface area contributed by atoms with E-state index in [1.54, 1.807) is 24.3 Å². The van der Waals surface area contributed by atoms with Crippen LogP contribution in [0.5, 0.6) is 0 Å². The van der Waals surface area contributed by atoms with Crippen molar-refractivity contribution < 1.29 is 9.46 Å². The molecule has 0 bridgehead atoms. The summed E-state index contributed by atoms with van der Waals surface area (Å²) in [7, 11) is -2.15. The lowest BCUT2D eigenvalue weighted by Crippen LogP contribution is -2.05. The van der Waals surface area contributed by atoms with E-state index >= 15 is 0 Å². The average molecular weight is 267 g/mol. The Bertz CT molecular complexity index is 485. The number of anilines is 3. The molecule has 1 aromatic heterocycles. The van der Waals surface area contributed by atoms with Crippen LogP contribution >= 0.6 is 8.03 Å². The number of benzene rings is 1. The molecular formula is C9H12N6O2P+. The first-order valence-corrected chi connectivity index (χ1v) is 5.94. The summed E-state index contributed by atoms with van der Waals surface area (Å²) >= 11 is 0. The SMILES string of the molecule is Nc1nc(N)nc(N)n1.O=[P+](O)c1ccccc1. The Labute approximate surface area is 104 Å². The second-order valence-corrected chi connectivity index (χ2v) is 4.08. The topological polar surface area (TPSA) is 154 Å². The van der Waals surface area contributed by atoms with Gasteiger partial charge in [-0.25, -0.2) is 0 Å². The van der Waals surface area contributed by atoms with E-state index in [4.69, 9.17) is 22.1 Å². The van der Waals surface area contributed by atoms with Gasteiger partial charge in [0.15, 0.2) is 0 Å². The van der Waals surface area contributed by atoms with E-state index in [9.17, 15) is 4.57 Å². The lowest BCUT2D eigenvalue weighted by atomic mass is 10.4. The first-order chi connectivity index (χ1) is 8.49. The van der Waals surface area contributed by atoms with Crippen LogP contribution in [0.15, 0.2) is 30.3 Å². The van der Waals surface area contributed by atoms with E-state index < -0.39 is 8.03 Å². The maximum Gasteiger partial charge on any atom is 0.546 e. The molecular weight excluding hydrogens is 255 g/mol. The maximum atomic E-state index is 10.3. The zero-order chi connectivity index (χ0) is 13.5. The van der Waals surface area contributed by atoms with Gasteiger partial charge in [-0.1, -0.05) is 18.2 Å². The van der Waals surface area contributed by atoms with Gasteiger partial charge in [0.25, 0.3) is 0 Å². The monoisotopic (exact) mass is 267 g/mol. The minimum absolute atomic E-state index is 0.0417. The van der Waals surface area contributed by atoms with Crippen LogP contribution in [0.2, 0.25) is 0 Å². The van der Waals surface area contributed by atoms with Crippen LogP contribution < -0.4 is 22.5 Å². The molecule has 2 rings (SSSR count). The number of rotatable bonds is 1. The Kier molecular flexibility index (Phi) is 4.91. The zero-order valence-electron chi connectivity index (χ0n) is 9.26. The van der Waals surface area contributed by atoms with Gasteiger partial charge in [-0.2, -0.15) is 19.8 Å². The van der Waals surface area contributed by atoms with Gasteiger partial charge >= 0.3 is 8.03 Å². The van der Waals surface area contributed by atoms with E-state index in [0.29, 0.717) is 5.30 Å². The van der Waals surface area contributed by atoms with E-state index in [1.807, 2.05) is 6.07 Å². The van der Waals surface area contributed by atoms with Crippen molar-refractivity contribution in [1.29, 1.82) is 0 Å². The first kappa shape index (κ1) is 13.8. The molecule has 1 aromatic carbocycles. The summed E-state index contributed by atoms with van der Waals surface area (Å²) in [5.74, 6) is 0.125. The summed E-state index contributed by atoms with van der Waals surface area (Å²) in [5, 5.41) is 0.479. The molecule has 18 heavy (non-hydrogen) atoms. The van der Waals surface area contributed by atoms with Crippen molar-refractivity contribution in [2.75, 3.05) is 17.2 Å². The molecule has 94 valence electrons. The third-order valence-corrected chi connectivity index (χ3v) is 2.40. The first-order valence-electron chi connectivity index (χ1n) is 4.72. The van der Waals surface area contributed by atoms with Crippen LogP contribution in [0.1, 0.15) is 0 Å². The summed E-state index contributed by atoms with van der Waals surface area (Å²) in [5.41, 5.74) is 15.4.